The van der Waals surface area contributed by atoms with Gasteiger partial charge in [-0.05, 0) is 115 Å². The molecule has 59 heavy (non-hydrogen) atoms. The highest BCUT2D eigenvalue weighted by molar-refractivity contribution is 7.25. The van der Waals surface area contributed by atoms with Gasteiger partial charge in [0.15, 0.2) is 5.82 Å². The van der Waals surface area contributed by atoms with Gasteiger partial charge in [-0.15, -0.1) is 11.3 Å². The van der Waals surface area contributed by atoms with Crippen molar-refractivity contribution in [1.82, 2.24) is 9.97 Å². The first kappa shape index (κ1) is 33.7. The third-order valence-corrected chi connectivity index (χ3v) is 13.0. The Kier molecular flexibility index (Phi) is 7.75. The van der Waals surface area contributed by atoms with Gasteiger partial charge < -0.3 is 0 Å². The highest BCUT2D eigenvalue weighted by Crippen LogP contribution is 2.49. The molecule has 0 fully saturated rings. The summed E-state index contributed by atoms with van der Waals surface area (Å²) in [5.74, 6) is 0.705. The van der Waals surface area contributed by atoms with Gasteiger partial charge in [0.2, 0.25) is 0 Å². The molecule has 11 aromatic rings. The lowest BCUT2D eigenvalue weighted by Gasteiger charge is -2.15. The molecule has 2 aromatic heterocycles. The van der Waals surface area contributed by atoms with E-state index in [0.717, 1.165) is 44.8 Å². The Balaban J connectivity index is 1.06. The van der Waals surface area contributed by atoms with E-state index in [-0.39, 0.29) is 0 Å². The maximum absolute atomic E-state index is 5.28. The molecule has 0 bridgehead atoms. The third kappa shape index (κ3) is 5.70. The van der Waals surface area contributed by atoms with Gasteiger partial charge in [0.25, 0.3) is 0 Å². The molecule has 2 nitrogen and oxygen atoms in total. The Morgan fingerprint density at radius 2 is 0.797 bits per heavy atom. The summed E-state index contributed by atoms with van der Waals surface area (Å²) in [7, 11) is 0. The molecule has 274 valence electrons. The van der Waals surface area contributed by atoms with Crippen LogP contribution < -0.4 is 0 Å². The van der Waals surface area contributed by atoms with Crippen molar-refractivity contribution in [3.63, 3.8) is 0 Å². The normalized spacial score (nSPS) is 11.7. The fourth-order valence-electron chi connectivity index (χ4n) is 9.01. The lowest BCUT2D eigenvalue weighted by molar-refractivity contribution is 1.18. The minimum atomic E-state index is 0.705. The van der Waals surface area contributed by atoms with Crippen molar-refractivity contribution in [3.05, 3.63) is 206 Å². The molecular formula is C56H34N2S. The van der Waals surface area contributed by atoms with E-state index in [1.54, 1.807) is 0 Å². The zero-order valence-corrected chi connectivity index (χ0v) is 32.7. The quantitative estimate of drug-likeness (QED) is 0.168. The van der Waals surface area contributed by atoms with E-state index in [0.29, 0.717) is 5.82 Å². The van der Waals surface area contributed by atoms with Gasteiger partial charge in [-0.2, -0.15) is 0 Å². The molecule has 1 aliphatic carbocycles. The number of thiophene rings is 1. The molecule has 1 aliphatic rings. The molecule has 0 unspecified atom stereocenters. The van der Waals surface area contributed by atoms with Gasteiger partial charge in [-0.25, -0.2) is 9.97 Å². The molecule has 0 saturated carbocycles. The van der Waals surface area contributed by atoms with Gasteiger partial charge >= 0.3 is 0 Å². The summed E-state index contributed by atoms with van der Waals surface area (Å²) in [6, 6.07) is 74.6. The van der Waals surface area contributed by atoms with Crippen molar-refractivity contribution in [2.75, 3.05) is 0 Å². The fraction of sp³-hybridized carbons (Fsp3) is 0. The van der Waals surface area contributed by atoms with Crippen LogP contribution in [0.1, 0.15) is 0 Å². The van der Waals surface area contributed by atoms with Gasteiger partial charge in [0, 0.05) is 36.9 Å². The monoisotopic (exact) mass is 766 g/mol. The molecule has 0 amide bonds. The molecule has 9 aromatic carbocycles. The molecule has 12 rings (SSSR count). The van der Waals surface area contributed by atoms with Gasteiger partial charge in [-0.1, -0.05) is 158 Å². The van der Waals surface area contributed by atoms with Crippen LogP contribution in [0.15, 0.2) is 206 Å². The van der Waals surface area contributed by atoms with Crippen molar-refractivity contribution in [1.29, 1.82) is 0 Å². The molecule has 0 saturated heterocycles. The summed E-state index contributed by atoms with van der Waals surface area (Å²) in [4.78, 5) is 10.4. The second-order valence-electron chi connectivity index (χ2n) is 15.3. The van der Waals surface area contributed by atoms with Crippen LogP contribution in [-0.4, -0.2) is 9.97 Å². The minimum Gasteiger partial charge on any atom is -0.228 e. The van der Waals surface area contributed by atoms with Gasteiger partial charge in [-0.3, -0.25) is 0 Å². The van der Waals surface area contributed by atoms with Crippen LogP contribution in [0, 0.1) is 0 Å². The van der Waals surface area contributed by atoms with Crippen molar-refractivity contribution in [2.24, 2.45) is 0 Å². The summed E-state index contributed by atoms with van der Waals surface area (Å²) in [5.41, 5.74) is 17.1. The Hall–Kier alpha value is -7.46. The Bertz CT molecular complexity index is 3350. The molecule has 3 heteroatoms. The number of hydrogen-bond donors (Lipinski definition) is 0. The summed E-state index contributed by atoms with van der Waals surface area (Å²) in [5, 5.41) is 5.19. The zero-order chi connectivity index (χ0) is 38.9. The van der Waals surface area contributed by atoms with Crippen LogP contribution in [0.3, 0.4) is 0 Å². The van der Waals surface area contributed by atoms with Gasteiger partial charge in [0.1, 0.15) is 0 Å². The van der Waals surface area contributed by atoms with E-state index >= 15 is 0 Å². The third-order valence-electron chi connectivity index (χ3n) is 11.8. The van der Waals surface area contributed by atoms with Crippen LogP contribution in [0.4, 0.5) is 0 Å². The first-order valence-electron chi connectivity index (χ1n) is 20.1. The molecule has 0 N–H and O–H groups in total. The van der Waals surface area contributed by atoms with E-state index in [9.17, 15) is 0 Å². The summed E-state index contributed by atoms with van der Waals surface area (Å²) >= 11 is 1.85. The highest BCUT2D eigenvalue weighted by atomic mass is 32.1. The van der Waals surface area contributed by atoms with Crippen LogP contribution in [0.2, 0.25) is 0 Å². The lowest BCUT2D eigenvalue weighted by Crippen LogP contribution is -1.96. The van der Waals surface area contributed by atoms with E-state index in [1.165, 1.54) is 69.9 Å². The smallest absolute Gasteiger partial charge is 0.160 e. The Labute approximate surface area is 346 Å². The largest absolute Gasteiger partial charge is 0.228 e. The van der Waals surface area contributed by atoms with E-state index < -0.39 is 0 Å². The number of nitrogens with zero attached hydrogens (tertiary/aromatic N) is 2. The van der Waals surface area contributed by atoms with Crippen molar-refractivity contribution < 1.29 is 0 Å². The Morgan fingerprint density at radius 3 is 1.59 bits per heavy atom. The predicted octanol–water partition coefficient (Wildman–Crippen LogP) is 15.6. The summed E-state index contributed by atoms with van der Waals surface area (Å²) in [6.45, 7) is 0. The van der Waals surface area contributed by atoms with Crippen molar-refractivity contribution in [2.45, 2.75) is 0 Å². The van der Waals surface area contributed by atoms with Crippen LogP contribution in [0.5, 0.6) is 0 Å². The van der Waals surface area contributed by atoms with Crippen molar-refractivity contribution in [3.8, 4) is 89.5 Å². The molecule has 2 heterocycles. The SMILES string of the molecule is c1ccc(-c2cc(-c3cc(-c4cccc(-c5ccc6c7c(cccc57)-c5ccccc5-6)c4)cc(-c4ccc5sc6ccccc6c5c4)c3)nc(-c3ccccc3)n2)cc1. The highest BCUT2D eigenvalue weighted by Gasteiger charge is 2.22. The van der Waals surface area contributed by atoms with E-state index in [4.69, 9.17) is 9.97 Å². The topological polar surface area (TPSA) is 25.8 Å². The van der Waals surface area contributed by atoms with Crippen LogP contribution in [-0.2, 0) is 0 Å². The zero-order valence-electron chi connectivity index (χ0n) is 31.9. The number of fused-ring (bicyclic) bond motifs is 6. The summed E-state index contributed by atoms with van der Waals surface area (Å²) in [6.07, 6.45) is 0. The second kappa shape index (κ2) is 13.6. The van der Waals surface area contributed by atoms with Crippen LogP contribution in [0.25, 0.3) is 120 Å². The molecule has 0 atom stereocenters. The maximum Gasteiger partial charge on any atom is 0.160 e. The maximum atomic E-state index is 5.28. The molecular weight excluding hydrogens is 733 g/mol. The first-order chi connectivity index (χ1) is 29.2. The first-order valence-corrected chi connectivity index (χ1v) is 20.9. The molecule has 0 radical (unpaired) electrons. The lowest BCUT2D eigenvalue weighted by atomic mass is 9.91. The minimum absolute atomic E-state index is 0.705. The van der Waals surface area contributed by atoms with Gasteiger partial charge in [0.05, 0.1) is 11.4 Å². The number of rotatable bonds is 6. The Morgan fingerprint density at radius 1 is 0.271 bits per heavy atom. The van der Waals surface area contributed by atoms with Crippen molar-refractivity contribution >= 4 is 42.3 Å². The average molecular weight is 767 g/mol. The average Bonchev–Trinajstić information content (AvgIpc) is 3.85. The number of hydrogen-bond acceptors (Lipinski definition) is 3. The fourth-order valence-corrected chi connectivity index (χ4v) is 10.1. The second-order valence-corrected chi connectivity index (χ2v) is 16.4. The number of aromatic nitrogens is 2. The predicted molar refractivity (Wildman–Crippen MR) is 249 cm³/mol. The van der Waals surface area contributed by atoms with Crippen LogP contribution >= 0.6 is 11.3 Å². The standard InChI is InChI=1S/C56H34N2S/c1-3-13-35(14-4-1)51-34-52(58-56(57-51)36-15-5-2-6-16-36)42-31-40(30-41(32-42)38-25-28-54-50(33-38)46-21-9-10-24-53(46)59-54)37-17-11-18-39(29-37)43-26-27-49-45-20-8-7-19-44(45)48-23-12-22-47(43)55(48)49/h1-34H. The van der Waals surface area contributed by atoms with E-state index in [2.05, 4.69) is 182 Å². The molecule has 0 aliphatic heterocycles. The van der Waals surface area contributed by atoms with E-state index in [1.807, 2.05) is 35.6 Å². The summed E-state index contributed by atoms with van der Waals surface area (Å²) < 4.78 is 2.60. The number of benzene rings is 9. The molecule has 0 spiro atoms.